The van der Waals surface area contributed by atoms with Gasteiger partial charge < -0.3 is 5.11 Å². The first-order chi connectivity index (χ1) is 8.51. The monoisotopic (exact) mass is 331 g/mol. The molecule has 18 heavy (non-hydrogen) atoms. The van der Waals surface area contributed by atoms with Gasteiger partial charge in [-0.25, -0.2) is 0 Å². The van der Waals surface area contributed by atoms with Crippen molar-refractivity contribution in [2.45, 2.75) is 44.7 Å². The van der Waals surface area contributed by atoms with Gasteiger partial charge in [0.15, 0.2) is 0 Å². The molecule has 2 rings (SSSR count). The molecular formula is C13H18BrNO2S. The van der Waals surface area contributed by atoms with Crippen molar-refractivity contribution in [3.05, 3.63) is 20.8 Å². The topological polar surface area (TPSA) is 40.5 Å². The number of carboxylic acids is 1. The number of carbonyl (C=O) groups is 1. The molecule has 2 unspecified atom stereocenters. The second-order valence-corrected chi connectivity index (χ2v) is 6.69. The molecule has 2 heterocycles. The van der Waals surface area contributed by atoms with Gasteiger partial charge in [0.2, 0.25) is 0 Å². The average Bonchev–Trinajstić information content (AvgIpc) is 2.94. The molecule has 0 spiro atoms. The van der Waals surface area contributed by atoms with E-state index in [0.717, 1.165) is 23.9 Å². The number of halogens is 1. The molecule has 0 saturated carbocycles. The van der Waals surface area contributed by atoms with Gasteiger partial charge in [0.1, 0.15) is 5.54 Å². The third-order valence-electron chi connectivity index (χ3n) is 3.99. The van der Waals surface area contributed by atoms with Crippen LogP contribution in [0.2, 0.25) is 0 Å². The summed E-state index contributed by atoms with van der Waals surface area (Å²) in [5, 5.41) is 11.6. The van der Waals surface area contributed by atoms with E-state index < -0.39 is 11.5 Å². The van der Waals surface area contributed by atoms with Gasteiger partial charge in [-0.2, -0.15) is 0 Å². The SMILES string of the molecule is CCC1(C(=O)O)CCCN1C(C)c1cc(Br)cs1. The number of hydrogen-bond donors (Lipinski definition) is 1. The number of thiophene rings is 1. The first-order valence-electron chi connectivity index (χ1n) is 6.25. The van der Waals surface area contributed by atoms with Crippen molar-refractivity contribution in [3.63, 3.8) is 0 Å². The summed E-state index contributed by atoms with van der Waals surface area (Å²) in [7, 11) is 0. The number of nitrogens with zero attached hydrogens (tertiary/aromatic N) is 1. The first-order valence-corrected chi connectivity index (χ1v) is 7.92. The molecule has 100 valence electrons. The van der Waals surface area contributed by atoms with Crippen LogP contribution in [0.5, 0.6) is 0 Å². The average molecular weight is 332 g/mol. The Morgan fingerprint density at radius 1 is 1.72 bits per heavy atom. The summed E-state index contributed by atoms with van der Waals surface area (Å²) < 4.78 is 1.07. The van der Waals surface area contributed by atoms with E-state index in [4.69, 9.17) is 0 Å². The van der Waals surface area contributed by atoms with Gasteiger partial charge >= 0.3 is 5.97 Å². The van der Waals surface area contributed by atoms with E-state index in [-0.39, 0.29) is 6.04 Å². The number of rotatable bonds is 4. The van der Waals surface area contributed by atoms with Crippen LogP contribution in [0.15, 0.2) is 15.9 Å². The Balaban J connectivity index is 2.29. The normalized spacial score (nSPS) is 26.4. The van der Waals surface area contributed by atoms with Crippen LogP contribution in [0.25, 0.3) is 0 Å². The minimum atomic E-state index is -0.676. The highest BCUT2D eigenvalue weighted by atomic mass is 79.9. The molecular weight excluding hydrogens is 314 g/mol. The Morgan fingerprint density at radius 3 is 2.94 bits per heavy atom. The van der Waals surface area contributed by atoms with E-state index >= 15 is 0 Å². The molecule has 0 radical (unpaired) electrons. The molecule has 0 amide bonds. The fourth-order valence-electron chi connectivity index (χ4n) is 2.93. The first kappa shape index (κ1) is 14.0. The fourth-order valence-corrected chi connectivity index (χ4v) is 4.44. The Hall–Kier alpha value is -0.390. The lowest BCUT2D eigenvalue weighted by molar-refractivity contribution is -0.151. The molecule has 0 aliphatic carbocycles. The third kappa shape index (κ3) is 2.24. The van der Waals surface area contributed by atoms with Crippen LogP contribution >= 0.6 is 27.3 Å². The Kier molecular flexibility index (Phi) is 4.14. The summed E-state index contributed by atoms with van der Waals surface area (Å²) in [5.74, 6) is -0.676. The molecule has 1 aliphatic heterocycles. The number of likely N-dealkylation sites (tertiary alicyclic amines) is 1. The molecule has 2 atom stereocenters. The van der Waals surface area contributed by atoms with Gasteiger partial charge in [-0.3, -0.25) is 9.69 Å². The molecule has 5 heteroatoms. The van der Waals surface area contributed by atoms with Crippen LogP contribution in [0.3, 0.4) is 0 Å². The minimum absolute atomic E-state index is 0.167. The lowest BCUT2D eigenvalue weighted by Gasteiger charge is -2.37. The van der Waals surface area contributed by atoms with Crippen LogP contribution < -0.4 is 0 Å². The van der Waals surface area contributed by atoms with Crippen LogP contribution in [-0.2, 0) is 4.79 Å². The summed E-state index contributed by atoms with van der Waals surface area (Å²) in [5.41, 5.74) is -0.671. The Morgan fingerprint density at radius 2 is 2.44 bits per heavy atom. The lowest BCUT2D eigenvalue weighted by Crippen LogP contribution is -2.50. The highest BCUT2D eigenvalue weighted by Gasteiger charge is 2.48. The van der Waals surface area contributed by atoms with Crippen molar-refractivity contribution < 1.29 is 9.90 Å². The molecule has 1 aliphatic rings. The van der Waals surface area contributed by atoms with E-state index in [9.17, 15) is 9.90 Å². The molecule has 1 N–H and O–H groups in total. The molecule has 1 aromatic heterocycles. The van der Waals surface area contributed by atoms with Crippen molar-refractivity contribution in [2.75, 3.05) is 6.54 Å². The predicted octanol–water partition coefficient (Wildman–Crippen LogP) is 3.90. The molecule has 1 saturated heterocycles. The Bertz CT molecular complexity index is 448. The number of carboxylic acid groups (broad SMARTS) is 1. The van der Waals surface area contributed by atoms with Crippen molar-refractivity contribution >= 4 is 33.2 Å². The molecule has 1 aromatic rings. The van der Waals surface area contributed by atoms with E-state index in [1.165, 1.54) is 4.88 Å². The zero-order valence-electron chi connectivity index (χ0n) is 10.6. The summed E-state index contributed by atoms with van der Waals surface area (Å²) in [6, 6.07) is 2.26. The van der Waals surface area contributed by atoms with Crippen LogP contribution in [0, 0.1) is 0 Å². The van der Waals surface area contributed by atoms with Crippen molar-refractivity contribution in [1.82, 2.24) is 4.90 Å². The maximum Gasteiger partial charge on any atom is 0.324 e. The van der Waals surface area contributed by atoms with Gasteiger partial charge in [-0.15, -0.1) is 11.3 Å². The summed E-state index contributed by atoms with van der Waals surface area (Å²) in [6.45, 7) is 4.96. The van der Waals surface area contributed by atoms with Gasteiger partial charge in [-0.05, 0) is 54.7 Å². The largest absolute Gasteiger partial charge is 0.480 e. The highest BCUT2D eigenvalue weighted by molar-refractivity contribution is 9.10. The van der Waals surface area contributed by atoms with Crippen molar-refractivity contribution in [2.24, 2.45) is 0 Å². The highest BCUT2D eigenvalue weighted by Crippen LogP contribution is 2.41. The zero-order chi connectivity index (χ0) is 13.3. The van der Waals surface area contributed by atoms with E-state index in [1.54, 1.807) is 11.3 Å². The zero-order valence-corrected chi connectivity index (χ0v) is 13.1. The van der Waals surface area contributed by atoms with E-state index in [1.807, 2.05) is 6.92 Å². The van der Waals surface area contributed by atoms with Gasteiger partial charge in [0.25, 0.3) is 0 Å². The molecule has 1 fully saturated rings. The second-order valence-electron chi connectivity index (χ2n) is 4.83. The van der Waals surface area contributed by atoms with Crippen LogP contribution in [0.4, 0.5) is 0 Å². The lowest BCUT2D eigenvalue weighted by atomic mass is 9.92. The van der Waals surface area contributed by atoms with Crippen LogP contribution in [0.1, 0.15) is 44.0 Å². The molecule has 0 aromatic carbocycles. The number of hydrogen-bond acceptors (Lipinski definition) is 3. The number of aliphatic carboxylic acids is 1. The third-order valence-corrected chi connectivity index (χ3v) is 5.85. The van der Waals surface area contributed by atoms with E-state index in [0.29, 0.717) is 6.42 Å². The summed E-state index contributed by atoms with van der Waals surface area (Å²) in [4.78, 5) is 15.0. The predicted molar refractivity (Wildman–Crippen MR) is 77.0 cm³/mol. The summed E-state index contributed by atoms with van der Waals surface area (Å²) >= 11 is 5.15. The van der Waals surface area contributed by atoms with Gasteiger partial charge in [0.05, 0.1) is 0 Å². The molecule has 3 nitrogen and oxygen atoms in total. The summed E-state index contributed by atoms with van der Waals surface area (Å²) in [6.07, 6.45) is 2.39. The fraction of sp³-hybridized carbons (Fsp3) is 0.615. The van der Waals surface area contributed by atoms with Gasteiger partial charge in [0, 0.05) is 20.8 Å². The standard InChI is InChI=1S/C13H18BrNO2S/c1-3-13(12(16)17)5-4-6-15(13)9(2)11-7-10(14)8-18-11/h7-9H,3-6H2,1-2H3,(H,16,17). The maximum absolute atomic E-state index is 11.7. The quantitative estimate of drug-likeness (QED) is 0.909. The maximum atomic E-state index is 11.7. The molecule has 0 bridgehead atoms. The van der Waals surface area contributed by atoms with Crippen molar-refractivity contribution in [3.8, 4) is 0 Å². The second kappa shape index (κ2) is 5.31. The van der Waals surface area contributed by atoms with E-state index in [2.05, 4.69) is 39.2 Å². The minimum Gasteiger partial charge on any atom is -0.480 e. The van der Waals surface area contributed by atoms with Gasteiger partial charge in [-0.1, -0.05) is 6.92 Å². The smallest absolute Gasteiger partial charge is 0.324 e. The van der Waals surface area contributed by atoms with Crippen LogP contribution in [-0.4, -0.2) is 28.1 Å². The van der Waals surface area contributed by atoms with Crippen molar-refractivity contribution in [1.29, 1.82) is 0 Å². The Labute approximate surface area is 120 Å².